The fourth-order valence-corrected chi connectivity index (χ4v) is 0.385. The zero-order valence-corrected chi connectivity index (χ0v) is 7.46. The minimum atomic E-state index is -4.28. The molecule has 0 amide bonds. The van der Waals surface area contributed by atoms with Crippen LogP contribution in [-0.2, 0) is 4.74 Å². The lowest BCUT2D eigenvalue weighted by atomic mass is 9.95. The average molecular weight is 182 g/mol. The predicted octanol–water partition coefficient (Wildman–Crippen LogP) is 3.13. The Hall–Kier alpha value is -0.670. The van der Waals surface area contributed by atoms with Gasteiger partial charge in [0.1, 0.15) is 0 Å². The molecule has 4 heteroatoms. The summed E-state index contributed by atoms with van der Waals surface area (Å²) in [6, 6.07) is 0. The normalized spacial score (nSPS) is 12.8. The molecular weight excluding hydrogens is 169 g/mol. The summed E-state index contributed by atoms with van der Waals surface area (Å²) in [5, 5.41) is 0. The van der Waals surface area contributed by atoms with Crippen LogP contribution in [0.1, 0.15) is 20.8 Å². The molecule has 0 fully saturated rings. The highest BCUT2D eigenvalue weighted by Gasteiger charge is 2.30. The SMILES string of the molecule is C=C(OCC(F)(F)F)C(C)(C)C. The first kappa shape index (κ1) is 11.3. The van der Waals surface area contributed by atoms with Gasteiger partial charge in [-0.1, -0.05) is 27.4 Å². The summed E-state index contributed by atoms with van der Waals surface area (Å²) in [6.45, 7) is 7.37. The first-order valence-electron chi connectivity index (χ1n) is 3.52. The van der Waals surface area contributed by atoms with Crippen LogP contribution < -0.4 is 0 Å². The monoisotopic (exact) mass is 182 g/mol. The third-order valence-electron chi connectivity index (χ3n) is 1.25. The van der Waals surface area contributed by atoms with Crippen molar-refractivity contribution in [1.82, 2.24) is 0 Å². The second-order valence-corrected chi connectivity index (χ2v) is 3.58. The van der Waals surface area contributed by atoms with Crippen LogP contribution in [0.25, 0.3) is 0 Å². The van der Waals surface area contributed by atoms with Crippen molar-refractivity contribution in [3.05, 3.63) is 12.3 Å². The molecule has 0 spiro atoms. The molecule has 0 aromatic heterocycles. The lowest BCUT2D eigenvalue weighted by molar-refractivity contribution is -0.167. The van der Waals surface area contributed by atoms with Crippen molar-refractivity contribution in [3.8, 4) is 0 Å². The molecule has 72 valence electrons. The second-order valence-electron chi connectivity index (χ2n) is 3.58. The summed E-state index contributed by atoms with van der Waals surface area (Å²) in [5.41, 5.74) is -0.439. The Labute approximate surface area is 70.2 Å². The first-order chi connectivity index (χ1) is 5.13. The number of ether oxygens (including phenoxy) is 1. The maximum atomic E-state index is 11.6. The van der Waals surface area contributed by atoms with Gasteiger partial charge in [0.2, 0.25) is 0 Å². The molecule has 0 aromatic rings. The summed E-state index contributed by atoms with van der Waals surface area (Å²) in [5.74, 6) is 0.153. The Morgan fingerprint density at radius 1 is 1.25 bits per heavy atom. The van der Waals surface area contributed by atoms with Crippen molar-refractivity contribution in [1.29, 1.82) is 0 Å². The van der Waals surface area contributed by atoms with Crippen molar-refractivity contribution in [3.63, 3.8) is 0 Å². The molecule has 0 unspecified atom stereocenters. The van der Waals surface area contributed by atoms with Gasteiger partial charge in [-0.05, 0) is 0 Å². The average Bonchev–Trinajstić information content (AvgIpc) is 1.78. The van der Waals surface area contributed by atoms with Crippen LogP contribution in [0.2, 0.25) is 0 Å². The largest absolute Gasteiger partial charge is 0.489 e. The molecule has 0 saturated heterocycles. The van der Waals surface area contributed by atoms with Gasteiger partial charge >= 0.3 is 6.18 Å². The molecule has 0 bridgehead atoms. The van der Waals surface area contributed by atoms with Crippen LogP contribution in [-0.4, -0.2) is 12.8 Å². The molecule has 0 radical (unpaired) electrons. The second kappa shape index (κ2) is 3.37. The van der Waals surface area contributed by atoms with E-state index in [0.29, 0.717) is 0 Å². The predicted molar refractivity (Wildman–Crippen MR) is 40.6 cm³/mol. The fourth-order valence-electron chi connectivity index (χ4n) is 0.385. The highest BCUT2D eigenvalue weighted by atomic mass is 19.4. The summed E-state index contributed by atoms with van der Waals surface area (Å²) >= 11 is 0. The van der Waals surface area contributed by atoms with Gasteiger partial charge in [0.05, 0.1) is 5.76 Å². The Bertz CT molecular complexity index is 164. The number of hydrogen-bond donors (Lipinski definition) is 0. The summed E-state index contributed by atoms with van der Waals surface area (Å²) < 4.78 is 39.4. The molecule has 0 rings (SSSR count). The number of rotatable bonds is 2. The molecule has 0 aliphatic heterocycles. The van der Waals surface area contributed by atoms with Gasteiger partial charge < -0.3 is 4.74 Å². The minimum Gasteiger partial charge on any atom is -0.489 e. The number of halogens is 3. The quantitative estimate of drug-likeness (QED) is 0.596. The molecule has 12 heavy (non-hydrogen) atoms. The lowest BCUT2D eigenvalue weighted by Crippen LogP contribution is -2.20. The van der Waals surface area contributed by atoms with Gasteiger partial charge in [-0.3, -0.25) is 0 Å². The Morgan fingerprint density at radius 2 is 1.67 bits per heavy atom. The van der Waals surface area contributed by atoms with E-state index in [0.717, 1.165) is 0 Å². The maximum absolute atomic E-state index is 11.6. The van der Waals surface area contributed by atoms with E-state index in [1.54, 1.807) is 20.8 Å². The van der Waals surface area contributed by atoms with Crippen LogP contribution in [0.4, 0.5) is 13.2 Å². The number of alkyl halides is 3. The van der Waals surface area contributed by atoms with E-state index in [1.807, 2.05) is 0 Å². The van der Waals surface area contributed by atoms with Crippen LogP contribution in [0.5, 0.6) is 0 Å². The highest BCUT2D eigenvalue weighted by molar-refractivity contribution is 4.95. The van der Waals surface area contributed by atoms with Crippen LogP contribution in [0.15, 0.2) is 12.3 Å². The van der Waals surface area contributed by atoms with E-state index in [-0.39, 0.29) is 5.76 Å². The molecular formula is C8H13F3O. The van der Waals surface area contributed by atoms with E-state index in [4.69, 9.17) is 0 Å². The summed E-state index contributed by atoms with van der Waals surface area (Å²) in [6.07, 6.45) is -4.28. The summed E-state index contributed by atoms with van der Waals surface area (Å²) in [7, 11) is 0. The molecule has 1 nitrogen and oxygen atoms in total. The van der Waals surface area contributed by atoms with Crippen molar-refractivity contribution in [2.45, 2.75) is 26.9 Å². The Morgan fingerprint density at radius 3 is 1.92 bits per heavy atom. The third-order valence-corrected chi connectivity index (χ3v) is 1.25. The van der Waals surface area contributed by atoms with Gasteiger partial charge in [-0.15, -0.1) is 0 Å². The van der Waals surface area contributed by atoms with Gasteiger partial charge in [0, 0.05) is 5.41 Å². The first-order valence-corrected chi connectivity index (χ1v) is 3.52. The Kier molecular flexibility index (Phi) is 3.18. The molecule has 0 N–H and O–H groups in total. The van der Waals surface area contributed by atoms with Gasteiger partial charge in [-0.25, -0.2) is 0 Å². The lowest BCUT2D eigenvalue weighted by Gasteiger charge is -2.22. The minimum absolute atomic E-state index is 0.153. The van der Waals surface area contributed by atoms with Crippen molar-refractivity contribution in [2.24, 2.45) is 5.41 Å². The van der Waals surface area contributed by atoms with E-state index in [9.17, 15) is 13.2 Å². The van der Waals surface area contributed by atoms with E-state index < -0.39 is 18.2 Å². The van der Waals surface area contributed by atoms with Crippen molar-refractivity contribution in [2.75, 3.05) is 6.61 Å². The summed E-state index contributed by atoms with van der Waals surface area (Å²) in [4.78, 5) is 0. The van der Waals surface area contributed by atoms with Crippen LogP contribution in [0, 0.1) is 5.41 Å². The Balaban J connectivity index is 3.90. The van der Waals surface area contributed by atoms with Crippen molar-refractivity contribution < 1.29 is 17.9 Å². The third kappa shape index (κ3) is 5.04. The van der Waals surface area contributed by atoms with Gasteiger partial charge in [0.25, 0.3) is 0 Å². The van der Waals surface area contributed by atoms with Crippen LogP contribution >= 0.6 is 0 Å². The zero-order valence-electron chi connectivity index (χ0n) is 7.46. The smallest absolute Gasteiger partial charge is 0.422 e. The van der Waals surface area contributed by atoms with Crippen LogP contribution in [0.3, 0.4) is 0 Å². The van der Waals surface area contributed by atoms with Gasteiger partial charge in [-0.2, -0.15) is 13.2 Å². The fraction of sp³-hybridized carbons (Fsp3) is 0.750. The van der Waals surface area contributed by atoms with E-state index in [1.165, 1.54) is 0 Å². The van der Waals surface area contributed by atoms with E-state index in [2.05, 4.69) is 11.3 Å². The molecule has 0 aliphatic carbocycles. The molecule has 0 heterocycles. The topological polar surface area (TPSA) is 9.23 Å². The van der Waals surface area contributed by atoms with Crippen molar-refractivity contribution >= 4 is 0 Å². The highest BCUT2D eigenvalue weighted by Crippen LogP contribution is 2.26. The number of hydrogen-bond acceptors (Lipinski definition) is 1. The van der Waals surface area contributed by atoms with Gasteiger partial charge in [0.15, 0.2) is 6.61 Å². The molecule has 0 aliphatic rings. The van der Waals surface area contributed by atoms with E-state index >= 15 is 0 Å². The number of allylic oxidation sites excluding steroid dienone is 1. The molecule has 0 saturated carbocycles. The standard InChI is InChI=1S/C8H13F3O/c1-6(7(2,3)4)12-5-8(9,10)11/h1,5H2,2-4H3. The zero-order chi connectivity index (χ0) is 9.99. The molecule has 0 aromatic carbocycles. The maximum Gasteiger partial charge on any atom is 0.422 e. The molecule has 0 atom stereocenters.